The van der Waals surface area contributed by atoms with Gasteiger partial charge >= 0.3 is 0 Å². The Morgan fingerprint density at radius 3 is 2.65 bits per heavy atom. The molecule has 26 heavy (non-hydrogen) atoms. The molecule has 6 heteroatoms. The summed E-state index contributed by atoms with van der Waals surface area (Å²) in [5, 5.41) is 2.77. The maximum Gasteiger partial charge on any atom is 0.256 e. The Bertz CT molecular complexity index is 860. The van der Waals surface area contributed by atoms with Crippen molar-refractivity contribution in [3.63, 3.8) is 0 Å². The van der Waals surface area contributed by atoms with Crippen molar-refractivity contribution in [2.24, 2.45) is 0 Å². The number of carbonyl (C=O) groups is 1. The smallest absolute Gasteiger partial charge is 0.256 e. The van der Waals surface area contributed by atoms with Gasteiger partial charge in [0.15, 0.2) is 0 Å². The van der Waals surface area contributed by atoms with Gasteiger partial charge in [0, 0.05) is 6.54 Å². The highest BCUT2D eigenvalue weighted by Gasteiger charge is 2.15. The summed E-state index contributed by atoms with van der Waals surface area (Å²) in [6, 6.07) is 15.4. The first-order valence-electron chi connectivity index (χ1n) is 8.03. The zero-order chi connectivity index (χ0) is 18.4. The second-order valence-corrected chi connectivity index (χ2v) is 6.08. The number of nitrogens with one attached hydrogen (secondary N) is 1. The van der Waals surface area contributed by atoms with Crippen molar-refractivity contribution < 1.29 is 18.3 Å². The quantitative estimate of drug-likeness (QED) is 0.652. The van der Waals surface area contributed by atoms with Gasteiger partial charge in [-0.3, -0.25) is 4.79 Å². The van der Waals surface area contributed by atoms with Gasteiger partial charge in [0.05, 0.1) is 23.5 Å². The van der Waals surface area contributed by atoms with Crippen molar-refractivity contribution in [3.05, 3.63) is 94.2 Å². The molecule has 1 heterocycles. The highest BCUT2D eigenvalue weighted by atomic mass is 35.5. The summed E-state index contributed by atoms with van der Waals surface area (Å²) < 4.78 is 24.6. The molecule has 1 N–H and O–H groups in total. The van der Waals surface area contributed by atoms with Crippen LogP contribution in [0.1, 0.15) is 27.2 Å². The van der Waals surface area contributed by atoms with E-state index in [2.05, 4.69) is 5.32 Å². The first kappa shape index (κ1) is 18.2. The molecular formula is C20H17ClFNO3. The van der Waals surface area contributed by atoms with E-state index in [0.717, 1.165) is 16.9 Å². The molecule has 0 radical (unpaired) electrons. The van der Waals surface area contributed by atoms with Crippen LogP contribution in [-0.4, -0.2) is 5.91 Å². The van der Waals surface area contributed by atoms with E-state index < -0.39 is 11.7 Å². The summed E-state index contributed by atoms with van der Waals surface area (Å²) in [6.07, 6.45) is 1.60. The van der Waals surface area contributed by atoms with Gasteiger partial charge in [-0.15, -0.1) is 0 Å². The Balaban J connectivity index is 1.56. The fraction of sp³-hybridized carbons (Fsp3) is 0.150. The van der Waals surface area contributed by atoms with Crippen molar-refractivity contribution in [2.75, 3.05) is 0 Å². The number of furan rings is 1. The standard InChI is InChI=1S/C20H17ClFNO3/c21-17-7-2-8-18(22)19(17)20(24)23-11-14-4-1-5-15(10-14)12-25-13-16-6-3-9-26-16/h1-10H,11-13H2,(H,23,24). The molecule has 4 nitrogen and oxygen atoms in total. The van der Waals surface area contributed by atoms with E-state index in [-0.39, 0.29) is 17.1 Å². The maximum atomic E-state index is 13.8. The molecule has 0 atom stereocenters. The average molecular weight is 374 g/mol. The van der Waals surface area contributed by atoms with Crippen LogP contribution in [0.25, 0.3) is 0 Å². The Morgan fingerprint density at radius 1 is 1.08 bits per heavy atom. The molecule has 0 aliphatic carbocycles. The molecule has 0 unspecified atom stereocenters. The Labute approximate surface area is 155 Å². The van der Waals surface area contributed by atoms with Gasteiger partial charge in [-0.2, -0.15) is 0 Å². The first-order chi connectivity index (χ1) is 12.6. The number of hydrogen-bond donors (Lipinski definition) is 1. The van der Waals surface area contributed by atoms with Crippen LogP contribution in [-0.2, 0) is 24.5 Å². The molecule has 0 fully saturated rings. The van der Waals surface area contributed by atoms with Gasteiger partial charge in [-0.05, 0) is 35.4 Å². The number of hydrogen-bond acceptors (Lipinski definition) is 3. The van der Waals surface area contributed by atoms with Gasteiger partial charge < -0.3 is 14.5 Å². The van der Waals surface area contributed by atoms with E-state index >= 15 is 0 Å². The number of amides is 1. The lowest BCUT2D eigenvalue weighted by atomic mass is 10.1. The number of halogens is 2. The minimum Gasteiger partial charge on any atom is -0.467 e. The van der Waals surface area contributed by atoms with E-state index in [0.29, 0.717) is 13.2 Å². The monoisotopic (exact) mass is 373 g/mol. The molecule has 1 amide bonds. The lowest BCUT2D eigenvalue weighted by Crippen LogP contribution is -2.24. The van der Waals surface area contributed by atoms with Crippen molar-refractivity contribution in [1.82, 2.24) is 5.32 Å². The predicted octanol–water partition coefficient (Wildman–Crippen LogP) is 4.72. The molecule has 3 rings (SSSR count). The predicted molar refractivity (Wildman–Crippen MR) is 96.2 cm³/mol. The fourth-order valence-electron chi connectivity index (χ4n) is 2.48. The third-order valence-corrected chi connectivity index (χ3v) is 4.04. The molecule has 0 spiro atoms. The van der Waals surface area contributed by atoms with Crippen LogP contribution in [0.2, 0.25) is 5.02 Å². The second kappa shape index (κ2) is 8.65. The summed E-state index contributed by atoms with van der Waals surface area (Å²) in [5.41, 5.74) is 1.70. The van der Waals surface area contributed by atoms with Crippen LogP contribution in [0.15, 0.2) is 65.3 Å². The summed E-state index contributed by atoms with van der Waals surface area (Å²) in [6.45, 7) is 1.07. The molecule has 2 aromatic carbocycles. The SMILES string of the molecule is O=C(NCc1cccc(COCc2ccco2)c1)c1c(F)cccc1Cl. The summed E-state index contributed by atoms with van der Waals surface area (Å²) >= 11 is 5.91. The van der Waals surface area contributed by atoms with Gasteiger partial charge in [0.2, 0.25) is 0 Å². The summed E-state index contributed by atoms with van der Waals surface area (Å²) in [5.74, 6) is -0.433. The highest BCUT2D eigenvalue weighted by molar-refractivity contribution is 6.33. The van der Waals surface area contributed by atoms with Crippen molar-refractivity contribution in [3.8, 4) is 0 Å². The third-order valence-electron chi connectivity index (χ3n) is 3.73. The van der Waals surface area contributed by atoms with Crippen LogP contribution in [0.4, 0.5) is 4.39 Å². The topological polar surface area (TPSA) is 51.5 Å². The normalized spacial score (nSPS) is 10.7. The maximum absolute atomic E-state index is 13.8. The van der Waals surface area contributed by atoms with Gasteiger partial charge in [-0.1, -0.05) is 41.9 Å². The number of rotatable bonds is 7. The van der Waals surface area contributed by atoms with E-state index in [4.69, 9.17) is 20.8 Å². The third kappa shape index (κ3) is 4.71. The Hall–Kier alpha value is -2.63. The minimum atomic E-state index is -0.643. The number of ether oxygens (including phenoxy) is 1. The number of carbonyl (C=O) groups excluding carboxylic acids is 1. The molecule has 0 bridgehead atoms. The van der Waals surface area contributed by atoms with E-state index in [1.54, 1.807) is 6.26 Å². The van der Waals surface area contributed by atoms with Gasteiger partial charge in [-0.25, -0.2) is 4.39 Å². The Kier molecular flexibility index (Phi) is 6.04. The molecule has 134 valence electrons. The first-order valence-corrected chi connectivity index (χ1v) is 8.41. The molecule has 0 aliphatic rings. The molecule has 0 saturated heterocycles. The number of benzene rings is 2. The zero-order valence-electron chi connectivity index (χ0n) is 13.9. The van der Waals surface area contributed by atoms with Crippen LogP contribution < -0.4 is 5.32 Å². The largest absolute Gasteiger partial charge is 0.467 e. The lowest BCUT2D eigenvalue weighted by molar-refractivity contribution is 0.0928. The van der Waals surface area contributed by atoms with Crippen molar-refractivity contribution in [2.45, 2.75) is 19.8 Å². The highest BCUT2D eigenvalue weighted by Crippen LogP contribution is 2.19. The zero-order valence-corrected chi connectivity index (χ0v) is 14.6. The molecular weight excluding hydrogens is 357 g/mol. The van der Waals surface area contributed by atoms with Crippen LogP contribution in [0.3, 0.4) is 0 Å². The van der Waals surface area contributed by atoms with Crippen LogP contribution in [0, 0.1) is 5.82 Å². The molecule has 1 aromatic heterocycles. The summed E-state index contributed by atoms with van der Waals surface area (Å²) in [7, 11) is 0. The van der Waals surface area contributed by atoms with E-state index in [1.165, 1.54) is 18.2 Å². The van der Waals surface area contributed by atoms with Crippen LogP contribution in [0.5, 0.6) is 0 Å². The van der Waals surface area contributed by atoms with Gasteiger partial charge in [0.25, 0.3) is 5.91 Å². The van der Waals surface area contributed by atoms with E-state index in [1.807, 2.05) is 36.4 Å². The van der Waals surface area contributed by atoms with Gasteiger partial charge in [0.1, 0.15) is 18.2 Å². The fourth-order valence-corrected chi connectivity index (χ4v) is 2.73. The lowest BCUT2D eigenvalue weighted by Gasteiger charge is -2.09. The summed E-state index contributed by atoms with van der Waals surface area (Å²) in [4.78, 5) is 12.2. The molecule has 3 aromatic rings. The average Bonchev–Trinajstić information content (AvgIpc) is 3.14. The second-order valence-electron chi connectivity index (χ2n) is 5.67. The van der Waals surface area contributed by atoms with Crippen molar-refractivity contribution >= 4 is 17.5 Å². The van der Waals surface area contributed by atoms with Crippen LogP contribution >= 0.6 is 11.6 Å². The minimum absolute atomic E-state index is 0.0857. The Morgan fingerprint density at radius 2 is 1.88 bits per heavy atom. The molecule has 0 aliphatic heterocycles. The van der Waals surface area contributed by atoms with E-state index in [9.17, 15) is 9.18 Å². The molecule has 0 saturated carbocycles. The van der Waals surface area contributed by atoms with Crippen molar-refractivity contribution in [1.29, 1.82) is 0 Å².